The molecule has 0 fully saturated rings. The highest BCUT2D eigenvalue weighted by Crippen LogP contribution is 2.12. The van der Waals surface area contributed by atoms with Crippen molar-refractivity contribution in [3.63, 3.8) is 0 Å². The van der Waals surface area contributed by atoms with Crippen LogP contribution >= 0.6 is 0 Å². The molecule has 0 aromatic carbocycles. The number of esters is 1. The van der Waals surface area contributed by atoms with Gasteiger partial charge in [0.25, 0.3) is 0 Å². The Morgan fingerprint density at radius 3 is 2.62 bits per heavy atom. The highest BCUT2D eigenvalue weighted by molar-refractivity contribution is 5.88. The predicted molar refractivity (Wildman–Crippen MR) is 78.3 cm³/mol. The van der Waals surface area contributed by atoms with E-state index in [1.807, 2.05) is 13.0 Å². The van der Waals surface area contributed by atoms with Crippen molar-refractivity contribution in [2.24, 2.45) is 0 Å². The fourth-order valence-electron chi connectivity index (χ4n) is 1.68. The van der Waals surface area contributed by atoms with Gasteiger partial charge in [-0.05, 0) is 25.1 Å². The van der Waals surface area contributed by atoms with Crippen LogP contribution in [0.25, 0.3) is 0 Å². The number of hydrogen-bond acceptors (Lipinski definition) is 6. The van der Waals surface area contributed by atoms with Gasteiger partial charge in [0.1, 0.15) is 0 Å². The van der Waals surface area contributed by atoms with Crippen molar-refractivity contribution in [3.05, 3.63) is 47.9 Å². The molecule has 1 N–H and O–H groups in total. The maximum atomic E-state index is 11.3. The van der Waals surface area contributed by atoms with E-state index in [-0.39, 0.29) is 0 Å². The maximum Gasteiger partial charge on any atom is 0.339 e. The van der Waals surface area contributed by atoms with Crippen LogP contribution in [0.3, 0.4) is 0 Å². The summed E-state index contributed by atoms with van der Waals surface area (Å²) in [6.07, 6.45) is 3.20. The van der Waals surface area contributed by atoms with E-state index in [2.05, 4.69) is 20.0 Å². The van der Waals surface area contributed by atoms with Gasteiger partial charge in [-0.3, -0.25) is 4.98 Å². The monoisotopic (exact) mass is 287 g/mol. The molecule has 2 rings (SSSR count). The number of carbonyl (C=O) groups excluding carboxylic acids is 1. The highest BCUT2D eigenvalue weighted by Gasteiger charge is 2.05. The van der Waals surface area contributed by atoms with Gasteiger partial charge in [0, 0.05) is 12.3 Å². The zero-order valence-electron chi connectivity index (χ0n) is 12.0. The zero-order chi connectivity index (χ0) is 15.1. The Hall–Kier alpha value is -2.63. The number of ether oxygens (including phenoxy) is 2. The van der Waals surface area contributed by atoms with Crippen molar-refractivity contribution >= 4 is 11.7 Å². The molecule has 0 amide bonds. The maximum absolute atomic E-state index is 11.3. The summed E-state index contributed by atoms with van der Waals surface area (Å²) < 4.78 is 9.90. The number of aromatic nitrogens is 2. The largest absolute Gasteiger partial charge is 0.478 e. The summed E-state index contributed by atoms with van der Waals surface area (Å²) in [5.74, 6) is 0.210. The third kappa shape index (κ3) is 4.17. The van der Waals surface area contributed by atoms with E-state index < -0.39 is 5.97 Å². The Bertz CT molecular complexity index is 582. The Kier molecular flexibility index (Phi) is 5.09. The van der Waals surface area contributed by atoms with Crippen LogP contribution < -0.4 is 10.1 Å². The normalized spacial score (nSPS) is 10.0. The van der Waals surface area contributed by atoms with Crippen molar-refractivity contribution < 1.29 is 14.3 Å². The molecule has 0 aliphatic heterocycles. The van der Waals surface area contributed by atoms with Crippen molar-refractivity contribution in [2.75, 3.05) is 19.0 Å². The molecule has 2 heterocycles. The third-order valence-corrected chi connectivity index (χ3v) is 2.75. The first-order chi connectivity index (χ1) is 10.2. The third-order valence-electron chi connectivity index (χ3n) is 2.75. The molecule has 110 valence electrons. The van der Waals surface area contributed by atoms with Crippen LogP contribution in [0.1, 0.15) is 23.0 Å². The molecule has 2 aromatic heterocycles. The summed E-state index contributed by atoms with van der Waals surface area (Å²) in [7, 11) is 1.34. The smallest absolute Gasteiger partial charge is 0.339 e. The van der Waals surface area contributed by atoms with Crippen molar-refractivity contribution in [1.82, 2.24) is 9.97 Å². The summed E-state index contributed by atoms with van der Waals surface area (Å²) in [4.78, 5) is 19.7. The van der Waals surface area contributed by atoms with Gasteiger partial charge in [-0.1, -0.05) is 0 Å². The van der Waals surface area contributed by atoms with Gasteiger partial charge >= 0.3 is 5.97 Å². The second-order valence-corrected chi connectivity index (χ2v) is 4.20. The first kappa shape index (κ1) is 14.8. The first-order valence-corrected chi connectivity index (χ1v) is 6.59. The Morgan fingerprint density at radius 1 is 1.19 bits per heavy atom. The number of methoxy groups -OCH3 is 1. The molecule has 0 aliphatic carbocycles. The van der Waals surface area contributed by atoms with E-state index in [0.717, 1.165) is 11.4 Å². The Balaban J connectivity index is 1.91. The minimum Gasteiger partial charge on any atom is -0.478 e. The lowest BCUT2D eigenvalue weighted by Crippen LogP contribution is -2.05. The first-order valence-electron chi connectivity index (χ1n) is 6.59. The average Bonchev–Trinajstić information content (AvgIpc) is 2.54. The number of anilines is 1. The van der Waals surface area contributed by atoms with E-state index in [0.29, 0.717) is 24.6 Å². The molecule has 0 unspecified atom stereocenters. The van der Waals surface area contributed by atoms with Gasteiger partial charge in [0.05, 0.1) is 43.4 Å². The number of pyridine rings is 2. The minimum atomic E-state index is -0.391. The average molecular weight is 287 g/mol. The fourth-order valence-corrected chi connectivity index (χ4v) is 1.68. The molecule has 0 aliphatic rings. The lowest BCUT2D eigenvalue weighted by atomic mass is 10.2. The lowest BCUT2D eigenvalue weighted by molar-refractivity contribution is 0.0600. The van der Waals surface area contributed by atoms with Crippen LogP contribution in [-0.2, 0) is 11.3 Å². The standard InChI is InChI=1S/C15H17N3O3/c1-3-21-14-7-6-13(10-18-14)17-9-12-5-4-11(8-16-12)15(19)20-2/h4-8,10,17H,3,9H2,1-2H3. The molecule has 6 nitrogen and oxygen atoms in total. The summed E-state index contributed by atoms with van der Waals surface area (Å²) in [5.41, 5.74) is 2.12. The predicted octanol–water partition coefficient (Wildman–Crippen LogP) is 2.27. The summed E-state index contributed by atoms with van der Waals surface area (Å²) >= 11 is 0. The van der Waals surface area contributed by atoms with Crippen LogP contribution in [0.15, 0.2) is 36.7 Å². The van der Waals surface area contributed by atoms with E-state index in [9.17, 15) is 4.79 Å². The Morgan fingerprint density at radius 2 is 2.05 bits per heavy atom. The van der Waals surface area contributed by atoms with Crippen LogP contribution in [0, 0.1) is 0 Å². The molecule has 2 aromatic rings. The Labute approximate surface area is 123 Å². The highest BCUT2D eigenvalue weighted by atomic mass is 16.5. The number of nitrogens with zero attached hydrogens (tertiary/aromatic N) is 2. The minimum absolute atomic E-state index is 0.391. The van der Waals surface area contributed by atoms with E-state index in [1.165, 1.54) is 13.3 Å². The molecular formula is C15H17N3O3. The van der Waals surface area contributed by atoms with Crippen LogP contribution in [-0.4, -0.2) is 29.7 Å². The SMILES string of the molecule is CCOc1ccc(NCc2ccc(C(=O)OC)cn2)cn1. The summed E-state index contributed by atoms with van der Waals surface area (Å²) in [6.45, 7) is 3.05. The van der Waals surface area contributed by atoms with Crippen molar-refractivity contribution in [3.8, 4) is 5.88 Å². The molecule has 0 bridgehead atoms. The lowest BCUT2D eigenvalue weighted by Gasteiger charge is -2.07. The molecule has 0 saturated heterocycles. The molecule has 0 radical (unpaired) electrons. The molecule has 21 heavy (non-hydrogen) atoms. The van der Waals surface area contributed by atoms with E-state index in [1.54, 1.807) is 24.4 Å². The van der Waals surface area contributed by atoms with Crippen molar-refractivity contribution in [1.29, 1.82) is 0 Å². The van der Waals surface area contributed by atoms with Gasteiger partial charge in [-0.25, -0.2) is 9.78 Å². The van der Waals surface area contributed by atoms with Crippen LogP contribution in [0.2, 0.25) is 0 Å². The van der Waals surface area contributed by atoms with Crippen LogP contribution in [0.4, 0.5) is 5.69 Å². The van der Waals surface area contributed by atoms with Gasteiger partial charge in [-0.15, -0.1) is 0 Å². The quantitative estimate of drug-likeness (QED) is 0.822. The second kappa shape index (κ2) is 7.23. The number of nitrogens with one attached hydrogen (secondary N) is 1. The zero-order valence-corrected chi connectivity index (χ0v) is 12.0. The van der Waals surface area contributed by atoms with Crippen LogP contribution in [0.5, 0.6) is 5.88 Å². The fraction of sp³-hybridized carbons (Fsp3) is 0.267. The van der Waals surface area contributed by atoms with Crippen molar-refractivity contribution in [2.45, 2.75) is 13.5 Å². The summed E-state index contributed by atoms with van der Waals surface area (Å²) in [5, 5.41) is 3.20. The molecular weight excluding hydrogens is 270 g/mol. The molecule has 0 spiro atoms. The molecule has 0 saturated carbocycles. The molecule has 6 heteroatoms. The topological polar surface area (TPSA) is 73.3 Å². The number of carbonyl (C=O) groups is 1. The van der Waals surface area contributed by atoms with Gasteiger partial charge < -0.3 is 14.8 Å². The van der Waals surface area contributed by atoms with Gasteiger partial charge in [-0.2, -0.15) is 0 Å². The summed E-state index contributed by atoms with van der Waals surface area (Å²) in [6, 6.07) is 7.16. The van der Waals surface area contributed by atoms with E-state index in [4.69, 9.17) is 4.74 Å². The molecule has 0 atom stereocenters. The second-order valence-electron chi connectivity index (χ2n) is 4.20. The number of hydrogen-bond donors (Lipinski definition) is 1. The van der Waals surface area contributed by atoms with E-state index >= 15 is 0 Å². The number of rotatable bonds is 6. The van der Waals surface area contributed by atoms with Gasteiger partial charge in [0.15, 0.2) is 0 Å². The van der Waals surface area contributed by atoms with Gasteiger partial charge in [0.2, 0.25) is 5.88 Å².